The molecule has 1 aliphatic heterocycles. The lowest BCUT2D eigenvalue weighted by molar-refractivity contribution is 0.707. The van der Waals surface area contributed by atoms with Crippen molar-refractivity contribution in [3.05, 3.63) is 147 Å². The van der Waals surface area contributed by atoms with Crippen LogP contribution in [0, 0.1) is 13.8 Å². The highest BCUT2D eigenvalue weighted by molar-refractivity contribution is 9.10. The molecule has 0 spiro atoms. The van der Waals surface area contributed by atoms with Gasteiger partial charge in [0.15, 0.2) is 0 Å². The van der Waals surface area contributed by atoms with Crippen LogP contribution in [0.25, 0.3) is 34.0 Å². The SMILES string of the molecule is Cc1ccc(-n2nnc(-c3nn(-c4ccccc4)cc3[C@@H]3CC(c4ccc(Cl)cc4)=NN3c3nc(-c4ccc(Br)cc4)cs3)c2C)cc1. The minimum atomic E-state index is -0.212. The molecule has 0 aliphatic carbocycles. The molecule has 0 N–H and O–H groups in total. The average Bonchev–Trinajstić information content (AvgIpc) is 3.92. The van der Waals surface area contributed by atoms with Gasteiger partial charge in [-0.2, -0.15) is 10.2 Å². The van der Waals surface area contributed by atoms with Crippen LogP contribution in [0.3, 0.4) is 0 Å². The lowest BCUT2D eigenvalue weighted by Gasteiger charge is -2.20. The molecule has 11 heteroatoms. The van der Waals surface area contributed by atoms with E-state index in [9.17, 15) is 0 Å². The topological polar surface area (TPSA) is 77.0 Å². The van der Waals surface area contributed by atoms with Gasteiger partial charge in [-0.1, -0.05) is 92.9 Å². The zero-order chi connectivity index (χ0) is 32.8. The highest BCUT2D eigenvalue weighted by Gasteiger charge is 2.36. The Morgan fingerprint density at radius 2 is 1.54 bits per heavy atom. The lowest BCUT2D eigenvalue weighted by Crippen LogP contribution is -2.18. The maximum absolute atomic E-state index is 6.27. The predicted octanol–water partition coefficient (Wildman–Crippen LogP) is 9.63. The van der Waals surface area contributed by atoms with Crippen molar-refractivity contribution >= 4 is 49.7 Å². The molecule has 4 heterocycles. The van der Waals surface area contributed by atoms with E-state index in [2.05, 4.69) is 76.0 Å². The Morgan fingerprint density at radius 3 is 2.29 bits per heavy atom. The Balaban J connectivity index is 1.26. The zero-order valence-electron chi connectivity index (χ0n) is 26.0. The second kappa shape index (κ2) is 12.6. The molecule has 4 aromatic carbocycles. The third kappa shape index (κ3) is 5.76. The summed E-state index contributed by atoms with van der Waals surface area (Å²) < 4.78 is 4.81. The normalized spacial score (nSPS) is 14.5. The third-order valence-corrected chi connectivity index (χ3v) is 10.0. The first kappa shape index (κ1) is 30.4. The van der Waals surface area contributed by atoms with Gasteiger partial charge in [0.1, 0.15) is 11.4 Å². The van der Waals surface area contributed by atoms with E-state index in [1.165, 1.54) is 5.56 Å². The van der Waals surface area contributed by atoms with Crippen LogP contribution in [0.4, 0.5) is 5.13 Å². The van der Waals surface area contributed by atoms with Gasteiger partial charge in [0, 0.05) is 38.6 Å². The molecule has 0 fully saturated rings. The van der Waals surface area contributed by atoms with Crippen LogP contribution in [0.2, 0.25) is 5.02 Å². The summed E-state index contributed by atoms with van der Waals surface area (Å²) in [5.74, 6) is 0. The third-order valence-electron chi connectivity index (χ3n) is 8.44. The minimum absolute atomic E-state index is 0.212. The van der Waals surface area contributed by atoms with E-state index in [-0.39, 0.29) is 6.04 Å². The Labute approximate surface area is 295 Å². The number of aryl methyl sites for hydroxylation is 1. The first-order chi connectivity index (χ1) is 23.4. The number of para-hydroxylation sites is 1. The van der Waals surface area contributed by atoms with E-state index >= 15 is 0 Å². The second-order valence-electron chi connectivity index (χ2n) is 11.6. The van der Waals surface area contributed by atoms with E-state index in [0.29, 0.717) is 11.4 Å². The van der Waals surface area contributed by atoms with Crippen LogP contribution in [0.15, 0.2) is 124 Å². The maximum atomic E-state index is 6.27. The van der Waals surface area contributed by atoms with E-state index in [1.807, 2.05) is 88.0 Å². The molecule has 0 bridgehead atoms. The van der Waals surface area contributed by atoms with Crippen molar-refractivity contribution < 1.29 is 0 Å². The number of hydrazone groups is 1. The summed E-state index contributed by atoms with van der Waals surface area (Å²) in [6.07, 6.45) is 2.73. The number of aromatic nitrogens is 6. The highest BCUT2D eigenvalue weighted by atomic mass is 79.9. The van der Waals surface area contributed by atoms with Crippen molar-refractivity contribution in [3.8, 4) is 34.0 Å². The first-order valence-corrected chi connectivity index (χ1v) is 17.4. The predicted molar refractivity (Wildman–Crippen MR) is 196 cm³/mol. The quantitative estimate of drug-likeness (QED) is 0.163. The zero-order valence-corrected chi connectivity index (χ0v) is 29.2. The summed E-state index contributed by atoms with van der Waals surface area (Å²) in [7, 11) is 0. The van der Waals surface area contributed by atoms with Gasteiger partial charge < -0.3 is 0 Å². The van der Waals surface area contributed by atoms with Crippen LogP contribution in [0.1, 0.15) is 34.8 Å². The fraction of sp³-hybridized carbons (Fsp3) is 0.108. The molecule has 0 radical (unpaired) electrons. The Hall–Kier alpha value is -4.90. The maximum Gasteiger partial charge on any atom is 0.207 e. The molecule has 7 aromatic rings. The molecule has 0 saturated heterocycles. The largest absolute Gasteiger partial charge is 0.240 e. The number of anilines is 1. The van der Waals surface area contributed by atoms with E-state index in [1.54, 1.807) is 11.3 Å². The van der Waals surface area contributed by atoms with Gasteiger partial charge in [0.2, 0.25) is 5.13 Å². The van der Waals surface area contributed by atoms with Crippen LogP contribution in [0.5, 0.6) is 0 Å². The molecule has 236 valence electrons. The number of nitrogens with zero attached hydrogens (tertiary/aromatic N) is 8. The summed E-state index contributed by atoms with van der Waals surface area (Å²) in [6, 6.07) is 34.2. The van der Waals surface area contributed by atoms with Crippen LogP contribution in [-0.4, -0.2) is 35.5 Å². The summed E-state index contributed by atoms with van der Waals surface area (Å²) in [5, 5.41) is 25.2. The number of hydrogen-bond donors (Lipinski definition) is 0. The fourth-order valence-corrected chi connectivity index (χ4v) is 7.10. The van der Waals surface area contributed by atoms with Gasteiger partial charge in [0.05, 0.1) is 34.5 Å². The average molecular weight is 732 g/mol. The van der Waals surface area contributed by atoms with E-state index in [4.69, 9.17) is 31.9 Å². The van der Waals surface area contributed by atoms with Gasteiger partial charge in [0.25, 0.3) is 0 Å². The van der Waals surface area contributed by atoms with Crippen molar-refractivity contribution in [2.75, 3.05) is 5.01 Å². The first-order valence-electron chi connectivity index (χ1n) is 15.4. The molecular weight excluding hydrogens is 704 g/mol. The lowest BCUT2D eigenvalue weighted by atomic mass is 9.97. The van der Waals surface area contributed by atoms with Gasteiger partial charge in [-0.3, -0.25) is 0 Å². The van der Waals surface area contributed by atoms with Crippen LogP contribution < -0.4 is 5.01 Å². The molecule has 0 saturated carbocycles. The number of rotatable bonds is 7. The molecular formula is C37H28BrClN8S. The highest BCUT2D eigenvalue weighted by Crippen LogP contribution is 2.43. The number of thiazole rings is 1. The van der Waals surface area contributed by atoms with Crippen molar-refractivity contribution in [2.24, 2.45) is 5.10 Å². The molecule has 0 unspecified atom stereocenters. The minimum Gasteiger partial charge on any atom is -0.240 e. The molecule has 1 aliphatic rings. The van der Waals surface area contributed by atoms with Crippen molar-refractivity contribution in [1.82, 2.24) is 29.8 Å². The van der Waals surface area contributed by atoms with Crippen molar-refractivity contribution in [2.45, 2.75) is 26.3 Å². The van der Waals surface area contributed by atoms with Crippen LogP contribution >= 0.6 is 38.9 Å². The number of benzene rings is 4. The standard InChI is InChI=1S/C37H28BrClN8S/c1-23-8-18-30(19-9-23)46-24(2)35(41-44-46)36-31(21-45(43-36)29-6-4-3-5-7-29)34-20-32(25-12-16-28(39)17-13-25)42-47(34)37-40-33(22-48-37)26-10-14-27(38)15-11-26/h3-19,21-22,34H,20H2,1-2H3/t34-/m0/s1. The summed E-state index contributed by atoms with van der Waals surface area (Å²) in [6.45, 7) is 4.11. The molecule has 1 atom stereocenters. The van der Waals surface area contributed by atoms with Crippen LogP contribution in [-0.2, 0) is 0 Å². The van der Waals surface area contributed by atoms with Gasteiger partial charge in [-0.05, 0) is 67.9 Å². The molecule has 0 amide bonds. The molecule has 3 aromatic heterocycles. The summed E-state index contributed by atoms with van der Waals surface area (Å²) in [4.78, 5) is 5.09. The van der Waals surface area contributed by atoms with Crippen molar-refractivity contribution in [1.29, 1.82) is 0 Å². The Bertz CT molecular complexity index is 2260. The van der Waals surface area contributed by atoms with E-state index < -0.39 is 0 Å². The second-order valence-corrected chi connectivity index (χ2v) is 13.8. The van der Waals surface area contributed by atoms with Crippen molar-refractivity contribution in [3.63, 3.8) is 0 Å². The number of halogens is 2. The molecule has 48 heavy (non-hydrogen) atoms. The van der Waals surface area contributed by atoms with Gasteiger partial charge in [-0.25, -0.2) is 19.4 Å². The Kier molecular flexibility index (Phi) is 7.99. The number of hydrogen-bond acceptors (Lipinski definition) is 7. The summed E-state index contributed by atoms with van der Waals surface area (Å²) >= 11 is 11.4. The fourth-order valence-electron chi connectivity index (χ4n) is 5.88. The monoisotopic (exact) mass is 730 g/mol. The smallest absolute Gasteiger partial charge is 0.207 e. The molecule has 8 nitrogen and oxygen atoms in total. The summed E-state index contributed by atoms with van der Waals surface area (Å²) in [5.41, 5.74) is 10.3. The Morgan fingerprint density at radius 1 is 0.812 bits per heavy atom. The molecule has 8 rings (SSSR count). The van der Waals surface area contributed by atoms with Gasteiger partial charge in [-0.15, -0.1) is 16.4 Å². The van der Waals surface area contributed by atoms with Gasteiger partial charge >= 0.3 is 0 Å². The van der Waals surface area contributed by atoms with E-state index in [0.717, 1.165) is 66.2 Å².